The zero-order valence-corrected chi connectivity index (χ0v) is 15.5. The van der Waals surface area contributed by atoms with Crippen LogP contribution in [-0.2, 0) is 0 Å². The van der Waals surface area contributed by atoms with Crippen LogP contribution >= 0.6 is 22.9 Å². The molecule has 0 atom stereocenters. The maximum Gasteiger partial charge on any atom is 0.348 e. The molecule has 1 heterocycles. The van der Waals surface area contributed by atoms with Crippen molar-refractivity contribution in [1.29, 1.82) is 0 Å². The normalized spacial score (nSPS) is 10.8. The summed E-state index contributed by atoms with van der Waals surface area (Å²) in [7, 11) is 0. The van der Waals surface area contributed by atoms with E-state index >= 15 is 0 Å². The van der Waals surface area contributed by atoms with Crippen molar-refractivity contribution in [2.24, 2.45) is 0 Å². The van der Waals surface area contributed by atoms with Gasteiger partial charge in [0.15, 0.2) is 0 Å². The van der Waals surface area contributed by atoms with Gasteiger partial charge in [0.1, 0.15) is 5.69 Å². The van der Waals surface area contributed by atoms with E-state index in [0.29, 0.717) is 10.7 Å². The van der Waals surface area contributed by atoms with E-state index in [1.807, 2.05) is 30.3 Å². The van der Waals surface area contributed by atoms with E-state index in [1.165, 1.54) is 0 Å². The Bertz CT molecular complexity index is 905. The average Bonchev–Trinajstić information content (AvgIpc) is 2.95. The Kier molecular flexibility index (Phi) is 5.11. The number of nitrogens with one attached hydrogen (secondary N) is 1. The highest BCUT2D eigenvalue weighted by Crippen LogP contribution is 2.44. The minimum absolute atomic E-state index is 0.0880. The topological polar surface area (TPSA) is 58.4 Å². The van der Waals surface area contributed by atoms with Gasteiger partial charge in [0.25, 0.3) is 0 Å². The molecule has 2 aromatic carbocycles. The number of hydrogen-bond donors (Lipinski definition) is 1. The number of nitrogens with zero attached hydrogens (tertiary/aromatic N) is 2. The summed E-state index contributed by atoms with van der Waals surface area (Å²) < 4.78 is 0.832. The fourth-order valence-corrected chi connectivity index (χ4v) is 3.92. The lowest BCUT2D eigenvalue weighted by Gasteiger charge is -2.21. The van der Waals surface area contributed by atoms with Crippen molar-refractivity contribution in [1.82, 2.24) is 0 Å². The summed E-state index contributed by atoms with van der Waals surface area (Å²) in [6, 6.07) is 13.2. The summed E-state index contributed by atoms with van der Waals surface area (Å²) >= 11 is 7.22. The van der Waals surface area contributed by atoms with Crippen LogP contribution in [0.25, 0.3) is 10.1 Å². The molecule has 0 amide bonds. The van der Waals surface area contributed by atoms with Crippen LogP contribution in [0.5, 0.6) is 0 Å². The van der Waals surface area contributed by atoms with Gasteiger partial charge in [0.05, 0.1) is 4.92 Å². The van der Waals surface area contributed by atoms with Crippen LogP contribution in [0.1, 0.15) is 13.8 Å². The molecule has 0 saturated heterocycles. The molecule has 3 rings (SSSR count). The second-order valence-electron chi connectivity index (χ2n) is 5.52. The number of hydrogen-bond acceptors (Lipinski definition) is 5. The molecule has 0 aliphatic carbocycles. The summed E-state index contributed by atoms with van der Waals surface area (Å²) in [5.41, 5.74) is 2.42. The van der Waals surface area contributed by atoms with Gasteiger partial charge in [-0.1, -0.05) is 22.9 Å². The molecule has 130 valence electrons. The highest BCUT2D eigenvalue weighted by molar-refractivity contribution is 7.23. The zero-order chi connectivity index (χ0) is 18.0. The fraction of sp³-hybridized carbons (Fsp3) is 0.222. The van der Waals surface area contributed by atoms with E-state index in [0.717, 1.165) is 45.9 Å². The molecular formula is C18H18ClN3O2S. The first-order valence-electron chi connectivity index (χ1n) is 8.02. The van der Waals surface area contributed by atoms with E-state index in [4.69, 9.17) is 11.6 Å². The van der Waals surface area contributed by atoms with Crippen molar-refractivity contribution in [2.75, 3.05) is 23.3 Å². The van der Waals surface area contributed by atoms with Gasteiger partial charge < -0.3 is 10.2 Å². The maximum atomic E-state index is 11.4. The third kappa shape index (κ3) is 3.55. The van der Waals surface area contributed by atoms with Crippen molar-refractivity contribution >= 4 is 55.1 Å². The second kappa shape index (κ2) is 7.29. The quantitative estimate of drug-likeness (QED) is 0.420. The molecule has 0 radical (unpaired) electrons. The molecule has 1 aromatic heterocycles. The minimum Gasteiger partial charge on any atom is -0.372 e. The summed E-state index contributed by atoms with van der Waals surface area (Å²) in [6.45, 7) is 6.09. The summed E-state index contributed by atoms with van der Waals surface area (Å²) in [5.74, 6) is 0. The Morgan fingerprint density at radius 3 is 2.44 bits per heavy atom. The fourth-order valence-electron chi connectivity index (χ4n) is 2.79. The van der Waals surface area contributed by atoms with Crippen LogP contribution in [-0.4, -0.2) is 18.0 Å². The maximum absolute atomic E-state index is 11.4. The van der Waals surface area contributed by atoms with E-state index in [9.17, 15) is 10.1 Å². The molecule has 5 nitrogen and oxygen atoms in total. The molecular weight excluding hydrogens is 358 g/mol. The number of fused-ring (bicyclic) bond motifs is 1. The summed E-state index contributed by atoms with van der Waals surface area (Å²) in [5, 5.41) is 16.0. The SMILES string of the molecule is CCN(CC)c1ccc(Nc2c([N+](=O)[O-])sc3ccc(Cl)cc23)cc1. The van der Waals surface area contributed by atoms with Crippen molar-refractivity contribution < 1.29 is 4.92 Å². The Balaban J connectivity index is 1.98. The molecule has 0 aliphatic rings. The molecule has 1 N–H and O–H groups in total. The molecule has 0 unspecified atom stereocenters. The smallest absolute Gasteiger partial charge is 0.348 e. The van der Waals surface area contributed by atoms with Crippen molar-refractivity contribution in [2.45, 2.75) is 13.8 Å². The van der Waals surface area contributed by atoms with Crippen LogP contribution in [0.15, 0.2) is 42.5 Å². The Labute approximate surface area is 155 Å². The lowest BCUT2D eigenvalue weighted by atomic mass is 10.2. The minimum atomic E-state index is -0.356. The molecule has 7 heteroatoms. The van der Waals surface area contributed by atoms with E-state index in [-0.39, 0.29) is 9.92 Å². The molecule has 0 saturated carbocycles. The average molecular weight is 376 g/mol. The third-order valence-corrected chi connectivity index (χ3v) is 5.42. The molecule has 25 heavy (non-hydrogen) atoms. The molecule has 0 fully saturated rings. The van der Waals surface area contributed by atoms with Gasteiger partial charge in [0, 0.05) is 39.6 Å². The first-order chi connectivity index (χ1) is 12.0. The van der Waals surface area contributed by atoms with E-state index in [2.05, 4.69) is 24.1 Å². The van der Waals surface area contributed by atoms with Gasteiger partial charge in [-0.15, -0.1) is 0 Å². The monoisotopic (exact) mass is 375 g/mol. The number of nitro groups is 1. The second-order valence-corrected chi connectivity index (χ2v) is 6.99. The van der Waals surface area contributed by atoms with Crippen LogP contribution in [0.2, 0.25) is 5.02 Å². The number of halogens is 1. The van der Waals surface area contributed by atoms with Gasteiger partial charge in [-0.05, 0) is 56.3 Å². The number of thiophene rings is 1. The first-order valence-corrected chi connectivity index (χ1v) is 9.21. The van der Waals surface area contributed by atoms with Gasteiger partial charge in [-0.3, -0.25) is 10.1 Å². The lowest BCUT2D eigenvalue weighted by Crippen LogP contribution is -2.21. The highest BCUT2D eigenvalue weighted by atomic mass is 35.5. The van der Waals surface area contributed by atoms with Crippen molar-refractivity contribution in [3.63, 3.8) is 0 Å². The van der Waals surface area contributed by atoms with E-state index in [1.54, 1.807) is 12.1 Å². The standard InChI is InChI=1S/C18H18ClN3O2S/c1-3-21(4-2)14-8-6-13(7-9-14)20-17-15-11-12(19)5-10-16(15)25-18(17)22(23)24/h5-11,20H,3-4H2,1-2H3. The largest absolute Gasteiger partial charge is 0.372 e. The molecule has 0 spiro atoms. The van der Waals surface area contributed by atoms with Gasteiger partial charge in [-0.2, -0.15) is 0 Å². The summed E-state index contributed by atoms with van der Waals surface area (Å²) in [6.07, 6.45) is 0. The lowest BCUT2D eigenvalue weighted by molar-refractivity contribution is -0.379. The predicted octanol–water partition coefficient (Wildman–Crippen LogP) is 6.05. The summed E-state index contributed by atoms with van der Waals surface area (Å²) in [4.78, 5) is 13.3. The van der Waals surface area contributed by atoms with Crippen molar-refractivity contribution in [3.05, 3.63) is 57.6 Å². The van der Waals surface area contributed by atoms with Crippen LogP contribution in [0.3, 0.4) is 0 Å². The number of rotatable bonds is 6. The zero-order valence-electron chi connectivity index (χ0n) is 14.0. The number of anilines is 3. The van der Waals surface area contributed by atoms with Crippen LogP contribution in [0, 0.1) is 10.1 Å². The Hall–Kier alpha value is -2.31. The number of benzene rings is 2. The van der Waals surface area contributed by atoms with Gasteiger partial charge in [-0.25, -0.2) is 0 Å². The first kappa shape index (κ1) is 17.5. The Morgan fingerprint density at radius 2 is 1.84 bits per heavy atom. The molecule has 0 aliphatic heterocycles. The van der Waals surface area contributed by atoms with Crippen LogP contribution in [0.4, 0.5) is 22.1 Å². The molecule has 3 aromatic rings. The third-order valence-electron chi connectivity index (χ3n) is 4.06. The van der Waals surface area contributed by atoms with Crippen LogP contribution < -0.4 is 10.2 Å². The highest BCUT2D eigenvalue weighted by Gasteiger charge is 2.22. The van der Waals surface area contributed by atoms with Crippen molar-refractivity contribution in [3.8, 4) is 0 Å². The Morgan fingerprint density at radius 1 is 1.16 bits per heavy atom. The predicted molar refractivity (Wildman–Crippen MR) is 107 cm³/mol. The van der Waals surface area contributed by atoms with Gasteiger partial charge in [0.2, 0.25) is 0 Å². The molecule has 0 bridgehead atoms. The van der Waals surface area contributed by atoms with Gasteiger partial charge >= 0.3 is 5.00 Å². The van der Waals surface area contributed by atoms with E-state index < -0.39 is 0 Å².